The lowest BCUT2D eigenvalue weighted by molar-refractivity contribution is 0.268. The molecule has 2 heteroatoms. The van der Waals surface area contributed by atoms with Crippen molar-refractivity contribution in [1.82, 2.24) is 4.90 Å². The zero-order valence-corrected chi connectivity index (χ0v) is 13.0. The lowest BCUT2D eigenvalue weighted by atomic mass is 9.97. The van der Waals surface area contributed by atoms with E-state index in [0.717, 1.165) is 12.4 Å². The minimum Gasteiger partial charge on any atom is -0.347 e. The van der Waals surface area contributed by atoms with Gasteiger partial charge in [-0.05, 0) is 26.3 Å². The first-order valence-electron chi connectivity index (χ1n) is 7.54. The van der Waals surface area contributed by atoms with Crippen molar-refractivity contribution in [2.75, 3.05) is 0 Å². The van der Waals surface area contributed by atoms with Gasteiger partial charge >= 0.3 is 0 Å². The van der Waals surface area contributed by atoms with Crippen LogP contribution in [0.15, 0.2) is 65.7 Å². The second-order valence-corrected chi connectivity index (χ2v) is 6.24. The van der Waals surface area contributed by atoms with E-state index in [9.17, 15) is 0 Å². The van der Waals surface area contributed by atoms with Gasteiger partial charge in [0.05, 0.1) is 11.6 Å². The monoisotopic (exact) mass is 278 g/mol. The molecule has 2 aromatic rings. The molecule has 1 unspecified atom stereocenters. The number of nitrogens with zero attached hydrogens (tertiary/aromatic N) is 2. The quantitative estimate of drug-likeness (QED) is 0.824. The topological polar surface area (TPSA) is 15.6 Å². The highest BCUT2D eigenvalue weighted by molar-refractivity contribution is 6.00. The minimum atomic E-state index is -0.0556. The van der Waals surface area contributed by atoms with Crippen molar-refractivity contribution < 1.29 is 0 Å². The standard InChI is InChI=1S/C19H22N2/c1-15-19(2,3)20-18(17-12-8-5-9-13-17)21(15)14-16-10-6-4-7-11-16/h4-13,15H,14H2,1-3H3. The summed E-state index contributed by atoms with van der Waals surface area (Å²) in [6, 6.07) is 21.5. The van der Waals surface area contributed by atoms with E-state index in [1.807, 2.05) is 0 Å². The first-order chi connectivity index (χ1) is 10.1. The summed E-state index contributed by atoms with van der Waals surface area (Å²) in [5.41, 5.74) is 2.47. The van der Waals surface area contributed by atoms with Gasteiger partial charge in [-0.3, -0.25) is 4.99 Å². The summed E-state index contributed by atoms with van der Waals surface area (Å²) in [5.74, 6) is 1.11. The average Bonchev–Trinajstić information content (AvgIpc) is 2.73. The van der Waals surface area contributed by atoms with Crippen LogP contribution < -0.4 is 0 Å². The van der Waals surface area contributed by atoms with Crippen LogP contribution in [-0.2, 0) is 6.54 Å². The van der Waals surface area contributed by atoms with Gasteiger partial charge in [-0.25, -0.2) is 0 Å². The van der Waals surface area contributed by atoms with Crippen molar-refractivity contribution in [3.05, 3.63) is 71.8 Å². The Labute approximate surface area is 127 Å². The Balaban J connectivity index is 1.95. The lowest BCUT2D eigenvalue weighted by Gasteiger charge is -2.31. The third-order valence-electron chi connectivity index (χ3n) is 4.38. The maximum Gasteiger partial charge on any atom is 0.132 e. The number of rotatable bonds is 3. The summed E-state index contributed by atoms with van der Waals surface area (Å²) >= 11 is 0. The molecule has 0 saturated carbocycles. The number of amidine groups is 1. The van der Waals surface area contributed by atoms with Crippen LogP contribution in [0, 0.1) is 0 Å². The fourth-order valence-electron chi connectivity index (χ4n) is 2.80. The second-order valence-electron chi connectivity index (χ2n) is 6.24. The molecule has 0 bridgehead atoms. The summed E-state index contributed by atoms with van der Waals surface area (Å²) < 4.78 is 0. The highest BCUT2D eigenvalue weighted by atomic mass is 15.3. The van der Waals surface area contributed by atoms with Crippen LogP contribution in [0.5, 0.6) is 0 Å². The molecule has 1 heterocycles. The van der Waals surface area contributed by atoms with E-state index in [4.69, 9.17) is 4.99 Å². The molecule has 2 aromatic carbocycles. The maximum atomic E-state index is 4.99. The van der Waals surface area contributed by atoms with Crippen LogP contribution in [0.3, 0.4) is 0 Å². The zero-order chi connectivity index (χ0) is 14.9. The molecule has 3 rings (SSSR count). The number of hydrogen-bond acceptors (Lipinski definition) is 2. The van der Waals surface area contributed by atoms with Gasteiger partial charge in [-0.1, -0.05) is 60.7 Å². The molecule has 21 heavy (non-hydrogen) atoms. The number of hydrogen-bond donors (Lipinski definition) is 0. The Hall–Kier alpha value is -2.09. The van der Waals surface area contributed by atoms with Gasteiger partial charge in [0.15, 0.2) is 0 Å². The Morgan fingerprint density at radius 2 is 1.52 bits per heavy atom. The van der Waals surface area contributed by atoms with Crippen molar-refractivity contribution >= 4 is 5.84 Å². The molecule has 1 aliphatic heterocycles. The average molecular weight is 278 g/mol. The van der Waals surface area contributed by atoms with Gasteiger partial charge in [-0.2, -0.15) is 0 Å². The highest BCUT2D eigenvalue weighted by Crippen LogP contribution is 2.31. The molecular weight excluding hydrogens is 256 g/mol. The second kappa shape index (κ2) is 5.36. The molecular formula is C19H22N2. The molecule has 0 aliphatic carbocycles. The highest BCUT2D eigenvalue weighted by Gasteiger charge is 2.39. The lowest BCUT2D eigenvalue weighted by Crippen LogP contribution is -2.41. The third kappa shape index (κ3) is 2.71. The summed E-state index contributed by atoms with van der Waals surface area (Å²) in [6.07, 6.45) is 0. The van der Waals surface area contributed by atoms with E-state index in [1.54, 1.807) is 0 Å². The maximum absolute atomic E-state index is 4.99. The molecule has 0 radical (unpaired) electrons. The fraction of sp³-hybridized carbons (Fsp3) is 0.316. The van der Waals surface area contributed by atoms with E-state index >= 15 is 0 Å². The van der Waals surface area contributed by atoms with E-state index in [0.29, 0.717) is 6.04 Å². The molecule has 2 nitrogen and oxygen atoms in total. The molecule has 1 aliphatic rings. The summed E-state index contributed by atoms with van der Waals surface area (Å²) in [4.78, 5) is 7.41. The number of benzene rings is 2. The molecule has 0 N–H and O–H groups in total. The molecule has 108 valence electrons. The Bertz CT molecular complexity index is 629. The normalized spacial score (nSPS) is 20.4. The molecule has 1 atom stereocenters. The van der Waals surface area contributed by atoms with Crippen LogP contribution in [0.25, 0.3) is 0 Å². The zero-order valence-electron chi connectivity index (χ0n) is 13.0. The summed E-state index contributed by atoms with van der Waals surface area (Å²) in [6.45, 7) is 7.60. The molecule has 0 saturated heterocycles. The van der Waals surface area contributed by atoms with E-state index < -0.39 is 0 Å². The van der Waals surface area contributed by atoms with Gasteiger partial charge < -0.3 is 4.90 Å². The number of aliphatic imine (C=N–C) groups is 1. The first kappa shape index (κ1) is 13.9. The van der Waals surface area contributed by atoms with Gasteiger partial charge in [0.25, 0.3) is 0 Å². The molecule has 0 spiro atoms. The minimum absolute atomic E-state index is 0.0556. The summed E-state index contributed by atoms with van der Waals surface area (Å²) in [7, 11) is 0. The largest absolute Gasteiger partial charge is 0.347 e. The summed E-state index contributed by atoms with van der Waals surface area (Å²) in [5, 5.41) is 0. The third-order valence-corrected chi connectivity index (χ3v) is 4.38. The van der Waals surface area contributed by atoms with Gasteiger partial charge in [0.2, 0.25) is 0 Å². The van der Waals surface area contributed by atoms with Crippen molar-refractivity contribution in [2.45, 2.75) is 38.9 Å². The predicted octanol–water partition coefficient (Wildman–Crippen LogP) is 4.12. The first-order valence-corrected chi connectivity index (χ1v) is 7.54. The Kier molecular flexibility index (Phi) is 3.54. The van der Waals surface area contributed by atoms with Gasteiger partial charge in [0, 0.05) is 12.1 Å². The van der Waals surface area contributed by atoms with Crippen LogP contribution >= 0.6 is 0 Å². The Morgan fingerprint density at radius 1 is 0.952 bits per heavy atom. The van der Waals surface area contributed by atoms with Crippen molar-refractivity contribution in [3.8, 4) is 0 Å². The predicted molar refractivity (Wildman–Crippen MR) is 88.5 cm³/mol. The molecule has 0 fully saturated rings. The Morgan fingerprint density at radius 3 is 2.14 bits per heavy atom. The van der Waals surface area contributed by atoms with Crippen LogP contribution in [-0.4, -0.2) is 22.3 Å². The van der Waals surface area contributed by atoms with Gasteiger partial charge in [0.1, 0.15) is 5.84 Å². The SMILES string of the molecule is CC1N(Cc2ccccc2)C(c2ccccc2)=NC1(C)C. The van der Waals surface area contributed by atoms with Crippen LogP contribution in [0.2, 0.25) is 0 Å². The van der Waals surface area contributed by atoms with Crippen molar-refractivity contribution in [3.63, 3.8) is 0 Å². The van der Waals surface area contributed by atoms with Crippen molar-refractivity contribution in [1.29, 1.82) is 0 Å². The van der Waals surface area contributed by atoms with E-state index in [1.165, 1.54) is 11.1 Å². The van der Waals surface area contributed by atoms with Gasteiger partial charge in [-0.15, -0.1) is 0 Å². The van der Waals surface area contributed by atoms with Crippen LogP contribution in [0.4, 0.5) is 0 Å². The smallest absolute Gasteiger partial charge is 0.132 e. The van der Waals surface area contributed by atoms with Crippen molar-refractivity contribution in [2.24, 2.45) is 4.99 Å². The fourth-order valence-corrected chi connectivity index (χ4v) is 2.80. The molecule has 0 aromatic heterocycles. The van der Waals surface area contributed by atoms with E-state index in [-0.39, 0.29) is 5.54 Å². The van der Waals surface area contributed by atoms with E-state index in [2.05, 4.69) is 86.3 Å². The molecule has 0 amide bonds. The van der Waals surface area contributed by atoms with Crippen LogP contribution in [0.1, 0.15) is 31.9 Å².